The van der Waals surface area contributed by atoms with Crippen LogP contribution in [0.2, 0.25) is 0 Å². The van der Waals surface area contributed by atoms with Gasteiger partial charge >= 0.3 is 0 Å². The number of carbonyl (C=O) groups is 2. The molecule has 0 aliphatic heterocycles. The van der Waals surface area contributed by atoms with Crippen LogP contribution in [0.15, 0.2) is 29.4 Å². The molecule has 1 aromatic carbocycles. The summed E-state index contributed by atoms with van der Waals surface area (Å²) in [4.78, 5) is 23.6. The van der Waals surface area contributed by atoms with Crippen LogP contribution in [0, 0.1) is 6.92 Å². The molecule has 1 heterocycles. The number of benzene rings is 1. The molecule has 2 N–H and O–H groups in total. The van der Waals surface area contributed by atoms with Crippen LogP contribution in [0.4, 0.5) is 5.69 Å². The summed E-state index contributed by atoms with van der Waals surface area (Å²) in [6.07, 6.45) is 2.30. The molecule has 1 aliphatic carbocycles. The Morgan fingerprint density at radius 3 is 2.58 bits per heavy atom. The summed E-state index contributed by atoms with van der Waals surface area (Å²) in [5.74, 6) is 0.890. The number of hydrogen-bond acceptors (Lipinski definition) is 5. The van der Waals surface area contributed by atoms with Gasteiger partial charge in [0.1, 0.15) is 5.82 Å². The molecule has 0 spiro atoms. The number of nitrogens with one attached hydrogen (secondary N) is 2. The van der Waals surface area contributed by atoms with Crippen LogP contribution in [0.3, 0.4) is 0 Å². The number of aryl methyl sites for hydroxylation is 1. The Kier molecular flexibility index (Phi) is 4.84. The van der Waals surface area contributed by atoms with E-state index in [0.717, 1.165) is 23.8 Å². The molecule has 1 aromatic heterocycles. The van der Waals surface area contributed by atoms with Crippen LogP contribution < -0.4 is 10.6 Å². The van der Waals surface area contributed by atoms with Crippen molar-refractivity contribution in [3.8, 4) is 0 Å². The molecule has 0 bridgehead atoms. The first-order valence-corrected chi connectivity index (χ1v) is 8.73. The topological polar surface area (TPSA) is 88.9 Å². The number of amides is 2. The third-order valence-corrected chi connectivity index (χ3v) is 4.68. The molecule has 24 heavy (non-hydrogen) atoms. The highest BCUT2D eigenvalue weighted by Crippen LogP contribution is 2.38. The summed E-state index contributed by atoms with van der Waals surface area (Å²) in [7, 11) is 1.58. The lowest BCUT2D eigenvalue weighted by atomic mass is 10.2. The van der Waals surface area contributed by atoms with Gasteiger partial charge in [-0.05, 0) is 44.0 Å². The third-order valence-electron chi connectivity index (χ3n) is 3.74. The minimum Gasteiger partial charge on any atom is -0.355 e. The molecular weight excluding hydrogens is 326 g/mol. The van der Waals surface area contributed by atoms with Gasteiger partial charge in [-0.2, -0.15) is 0 Å². The van der Waals surface area contributed by atoms with E-state index in [2.05, 4.69) is 25.4 Å². The van der Waals surface area contributed by atoms with E-state index in [9.17, 15) is 9.59 Å². The van der Waals surface area contributed by atoms with Gasteiger partial charge in [0.25, 0.3) is 5.91 Å². The highest BCUT2D eigenvalue weighted by Gasteiger charge is 2.28. The van der Waals surface area contributed by atoms with Gasteiger partial charge in [-0.3, -0.25) is 9.59 Å². The van der Waals surface area contributed by atoms with E-state index in [1.807, 2.05) is 6.92 Å². The maximum absolute atomic E-state index is 12.1. The van der Waals surface area contributed by atoms with Crippen LogP contribution in [0.25, 0.3) is 0 Å². The average molecular weight is 345 g/mol. The van der Waals surface area contributed by atoms with E-state index in [4.69, 9.17) is 0 Å². The molecule has 0 radical (unpaired) electrons. The number of nitrogens with zero attached hydrogens (tertiary/aromatic N) is 3. The molecule has 8 heteroatoms. The van der Waals surface area contributed by atoms with Crippen molar-refractivity contribution in [3.05, 3.63) is 35.7 Å². The zero-order valence-corrected chi connectivity index (χ0v) is 14.4. The molecule has 7 nitrogen and oxygen atoms in total. The first kappa shape index (κ1) is 16.5. The normalized spacial score (nSPS) is 13.6. The van der Waals surface area contributed by atoms with Gasteiger partial charge < -0.3 is 15.2 Å². The van der Waals surface area contributed by atoms with Gasteiger partial charge in [0.05, 0.1) is 5.75 Å². The van der Waals surface area contributed by atoms with Crippen molar-refractivity contribution in [3.63, 3.8) is 0 Å². The molecule has 2 aromatic rings. The monoisotopic (exact) mass is 345 g/mol. The van der Waals surface area contributed by atoms with Crippen LogP contribution in [-0.2, 0) is 4.79 Å². The van der Waals surface area contributed by atoms with Gasteiger partial charge in [-0.15, -0.1) is 10.2 Å². The Labute approximate surface area is 144 Å². The van der Waals surface area contributed by atoms with E-state index in [1.165, 1.54) is 11.8 Å². The fourth-order valence-corrected chi connectivity index (χ4v) is 3.23. The zero-order valence-electron chi connectivity index (χ0n) is 13.6. The number of aromatic nitrogens is 3. The Morgan fingerprint density at radius 2 is 1.96 bits per heavy atom. The molecule has 3 rings (SSSR count). The van der Waals surface area contributed by atoms with Crippen molar-refractivity contribution in [1.29, 1.82) is 0 Å². The van der Waals surface area contributed by atoms with Gasteiger partial charge in [0.2, 0.25) is 5.91 Å². The summed E-state index contributed by atoms with van der Waals surface area (Å²) in [5, 5.41) is 14.4. The van der Waals surface area contributed by atoms with Crippen molar-refractivity contribution in [2.75, 3.05) is 18.1 Å². The number of anilines is 1. The molecule has 0 unspecified atom stereocenters. The van der Waals surface area contributed by atoms with Gasteiger partial charge in [0, 0.05) is 24.3 Å². The second kappa shape index (κ2) is 7.04. The number of hydrogen-bond donors (Lipinski definition) is 2. The lowest BCUT2D eigenvalue weighted by molar-refractivity contribution is -0.113. The Balaban J connectivity index is 1.55. The minimum atomic E-state index is -0.154. The molecular formula is C16H19N5O2S. The van der Waals surface area contributed by atoms with Crippen molar-refractivity contribution in [1.82, 2.24) is 20.1 Å². The number of rotatable bonds is 6. The second-order valence-corrected chi connectivity index (χ2v) is 6.57. The van der Waals surface area contributed by atoms with Crippen LogP contribution in [-0.4, -0.2) is 39.4 Å². The van der Waals surface area contributed by atoms with E-state index >= 15 is 0 Å². The molecule has 0 saturated heterocycles. The second-order valence-electron chi connectivity index (χ2n) is 5.62. The lowest BCUT2D eigenvalue weighted by Gasteiger charge is -2.07. The lowest BCUT2D eigenvalue weighted by Crippen LogP contribution is -2.18. The van der Waals surface area contributed by atoms with E-state index < -0.39 is 0 Å². The first-order valence-electron chi connectivity index (χ1n) is 7.75. The van der Waals surface area contributed by atoms with E-state index in [1.54, 1.807) is 31.3 Å². The summed E-state index contributed by atoms with van der Waals surface area (Å²) in [6.45, 7) is 1.93. The van der Waals surface area contributed by atoms with Crippen LogP contribution in [0.1, 0.15) is 35.1 Å². The quantitative estimate of drug-likeness (QED) is 0.782. The predicted molar refractivity (Wildman–Crippen MR) is 92.2 cm³/mol. The molecule has 1 saturated carbocycles. The molecule has 1 aliphatic rings. The van der Waals surface area contributed by atoms with Gasteiger partial charge in [-0.1, -0.05) is 11.8 Å². The fourth-order valence-electron chi connectivity index (χ4n) is 2.38. The van der Waals surface area contributed by atoms with Crippen molar-refractivity contribution in [2.45, 2.75) is 31.0 Å². The third kappa shape index (κ3) is 3.76. The van der Waals surface area contributed by atoms with Crippen LogP contribution in [0.5, 0.6) is 0 Å². The van der Waals surface area contributed by atoms with Gasteiger partial charge in [0.15, 0.2) is 5.16 Å². The largest absolute Gasteiger partial charge is 0.355 e. The zero-order chi connectivity index (χ0) is 17.1. The predicted octanol–water partition coefficient (Wildman–Crippen LogP) is 2.01. The number of thioether (sulfide) groups is 1. The first-order chi connectivity index (χ1) is 11.6. The number of carbonyl (C=O) groups excluding carboxylic acids is 2. The van der Waals surface area contributed by atoms with Gasteiger partial charge in [-0.25, -0.2) is 0 Å². The smallest absolute Gasteiger partial charge is 0.251 e. The summed E-state index contributed by atoms with van der Waals surface area (Å²) in [5.41, 5.74) is 1.21. The summed E-state index contributed by atoms with van der Waals surface area (Å²) in [6, 6.07) is 7.26. The summed E-state index contributed by atoms with van der Waals surface area (Å²) < 4.78 is 2.11. The standard InChI is InChI=1S/C16H19N5O2S/c1-10-19-20-16(21(10)13-7-8-13)24-9-14(22)18-12-5-3-11(4-6-12)15(23)17-2/h3-6,13H,7-9H2,1-2H3,(H,17,23)(H,18,22). The van der Waals surface area contributed by atoms with Crippen molar-refractivity contribution >= 4 is 29.3 Å². The Hall–Kier alpha value is -2.35. The maximum Gasteiger partial charge on any atom is 0.251 e. The molecule has 0 atom stereocenters. The van der Waals surface area contributed by atoms with Crippen molar-refractivity contribution < 1.29 is 9.59 Å². The van der Waals surface area contributed by atoms with Crippen LogP contribution >= 0.6 is 11.8 Å². The Morgan fingerprint density at radius 1 is 1.25 bits per heavy atom. The molecule has 2 amide bonds. The van der Waals surface area contributed by atoms with Crippen molar-refractivity contribution in [2.24, 2.45) is 0 Å². The summed E-state index contributed by atoms with van der Waals surface area (Å²) >= 11 is 1.39. The minimum absolute atomic E-state index is 0.115. The maximum atomic E-state index is 12.1. The molecule has 126 valence electrons. The SMILES string of the molecule is CNC(=O)c1ccc(NC(=O)CSc2nnc(C)n2C2CC2)cc1. The highest BCUT2D eigenvalue weighted by atomic mass is 32.2. The fraction of sp³-hybridized carbons (Fsp3) is 0.375. The molecule has 1 fully saturated rings. The Bertz CT molecular complexity index is 752. The van der Waals surface area contributed by atoms with E-state index in [-0.39, 0.29) is 17.6 Å². The highest BCUT2D eigenvalue weighted by molar-refractivity contribution is 7.99. The average Bonchev–Trinajstić information content (AvgIpc) is 3.35. The van der Waals surface area contributed by atoms with E-state index in [0.29, 0.717) is 17.3 Å².